The summed E-state index contributed by atoms with van der Waals surface area (Å²) in [6.45, 7) is 3.30. The summed E-state index contributed by atoms with van der Waals surface area (Å²) in [5, 5.41) is 3.25. The molecule has 1 fully saturated rings. The second-order valence-electron chi connectivity index (χ2n) is 5.07. The van der Waals surface area contributed by atoms with E-state index >= 15 is 0 Å². The van der Waals surface area contributed by atoms with Gasteiger partial charge < -0.3 is 10.1 Å². The fourth-order valence-corrected chi connectivity index (χ4v) is 3.75. The third kappa shape index (κ3) is 4.28. The molecule has 112 valence electrons. The lowest BCUT2D eigenvalue weighted by molar-refractivity contribution is 0.0844. The molecule has 0 amide bonds. The Morgan fingerprint density at radius 3 is 2.70 bits per heavy atom. The average molecular weight is 362 g/mol. The predicted molar refractivity (Wildman–Crippen MR) is 82.6 cm³/mol. The van der Waals surface area contributed by atoms with Gasteiger partial charge in [0.2, 0.25) is 0 Å². The number of rotatable bonds is 6. The van der Waals surface area contributed by atoms with Crippen LogP contribution in [0.2, 0.25) is 0 Å². The molecule has 1 aliphatic rings. The van der Waals surface area contributed by atoms with Gasteiger partial charge in [-0.2, -0.15) is 0 Å². The molecule has 2 rings (SSSR count). The Balaban J connectivity index is 1.84. The van der Waals surface area contributed by atoms with Gasteiger partial charge in [0.1, 0.15) is 0 Å². The second kappa shape index (κ2) is 7.02. The Morgan fingerprint density at radius 2 is 2.10 bits per heavy atom. The molecule has 6 heteroatoms. The molecule has 1 aliphatic heterocycles. The smallest absolute Gasteiger partial charge is 0.179 e. The number of hydrogen-bond donors (Lipinski definition) is 1. The van der Waals surface area contributed by atoms with Crippen molar-refractivity contribution in [2.45, 2.75) is 36.8 Å². The highest BCUT2D eigenvalue weighted by Gasteiger charge is 2.22. The standard InChI is InChI=1S/C14H20BrNO3S/c1-11(14-3-2-9-19-14)16-8-10-20(17,18)13-6-4-12(15)5-7-13/h4-7,11,14,16H,2-3,8-10H2,1H3. The van der Waals surface area contributed by atoms with Crippen LogP contribution in [0, 0.1) is 0 Å². The second-order valence-corrected chi connectivity index (χ2v) is 8.09. The molecular weight excluding hydrogens is 342 g/mol. The minimum absolute atomic E-state index is 0.103. The Bertz CT molecular complexity index is 524. The monoisotopic (exact) mass is 361 g/mol. The van der Waals surface area contributed by atoms with Crippen molar-refractivity contribution in [3.05, 3.63) is 28.7 Å². The quantitative estimate of drug-likeness (QED) is 0.844. The van der Waals surface area contributed by atoms with Crippen molar-refractivity contribution in [1.29, 1.82) is 0 Å². The topological polar surface area (TPSA) is 55.4 Å². The van der Waals surface area contributed by atoms with Crippen LogP contribution in [0.25, 0.3) is 0 Å². The lowest BCUT2D eigenvalue weighted by atomic mass is 10.1. The van der Waals surface area contributed by atoms with E-state index in [9.17, 15) is 8.42 Å². The number of halogens is 1. The summed E-state index contributed by atoms with van der Waals surface area (Å²) < 4.78 is 30.8. The van der Waals surface area contributed by atoms with Crippen molar-refractivity contribution in [3.63, 3.8) is 0 Å². The summed E-state index contributed by atoms with van der Waals surface area (Å²) in [6.07, 6.45) is 2.35. The minimum atomic E-state index is -3.22. The maximum Gasteiger partial charge on any atom is 0.179 e. The van der Waals surface area contributed by atoms with Crippen LogP contribution < -0.4 is 5.32 Å². The van der Waals surface area contributed by atoms with Gasteiger partial charge in [-0.15, -0.1) is 0 Å². The van der Waals surface area contributed by atoms with Crippen molar-refractivity contribution < 1.29 is 13.2 Å². The van der Waals surface area contributed by atoms with Gasteiger partial charge in [0, 0.05) is 23.7 Å². The number of ether oxygens (including phenoxy) is 1. The third-order valence-electron chi connectivity index (χ3n) is 3.53. The number of sulfone groups is 1. The molecule has 0 radical (unpaired) electrons. The number of nitrogens with one attached hydrogen (secondary N) is 1. The van der Waals surface area contributed by atoms with Crippen LogP contribution in [-0.2, 0) is 14.6 Å². The lowest BCUT2D eigenvalue weighted by Gasteiger charge is -2.19. The molecule has 0 bridgehead atoms. The van der Waals surface area contributed by atoms with E-state index in [0.717, 1.165) is 23.9 Å². The summed E-state index contributed by atoms with van der Waals surface area (Å²) in [5.74, 6) is 0.103. The first-order chi connectivity index (χ1) is 9.49. The normalized spacial score (nSPS) is 21.0. The van der Waals surface area contributed by atoms with Gasteiger partial charge in [-0.3, -0.25) is 0 Å². The van der Waals surface area contributed by atoms with E-state index in [4.69, 9.17) is 4.74 Å². The van der Waals surface area contributed by atoms with Gasteiger partial charge in [0.25, 0.3) is 0 Å². The highest BCUT2D eigenvalue weighted by Crippen LogP contribution is 2.17. The Labute approximate surface area is 129 Å². The molecule has 2 unspecified atom stereocenters. The molecule has 0 aromatic heterocycles. The van der Waals surface area contributed by atoms with E-state index in [0.29, 0.717) is 11.4 Å². The molecule has 0 aliphatic carbocycles. The fourth-order valence-electron chi connectivity index (χ4n) is 2.31. The fraction of sp³-hybridized carbons (Fsp3) is 0.571. The maximum absolute atomic E-state index is 12.2. The Kier molecular flexibility index (Phi) is 5.60. The highest BCUT2D eigenvalue weighted by molar-refractivity contribution is 9.10. The first-order valence-electron chi connectivity index (χ1n) is 6.82. The average Bonchev–Trinajstić information content (AvgIpc) is 2.93. The van der Waals surface area contributed by atoms with Crippen LogP contribution in [0.4, 0.5) is 0 Å². The van der Waals surface area contributed by atoms with Crippen molar-refractivity contribution in [1.82, 2.24) is 5.32 Å². The van der Waals surface area contributed by atoms with Gasteiger partial charge >= 0.3 is 0 Å². The molecule has 4 nitrogen and oxygen atoms in total. The lowest BCUT2D eigenvalue weighted by Crippen LogP contribution is -2.39. The van der Waals surface area contributed by atoms with E-state index < -0.39 is 9.84 Å². The van der Waals surface area contributed by atoms with E-state index in [1.54, 1.807) is 24.3 Å². The molecule has 1 aromatic carbocycles. The molecular formula is C14H20BrNO3S. The van der Waals surface area contributed by atoms with Crippen LogP contribution in [0.3, 0.4) is 0 Å². The Morgan fingerprint density at radius 1 is 1.40 bits per heavy atom. The first kappa shape index (κ1) is 15.9. The SMILES string of the molecule is CC(NCCS(=O)(=O)c1ccc(Br)cc1)C1CCCO1. The van der Waals surface area contributed by atoms with E-state index in [2.05, 4.69) is 21.2 Å². The zero-order valence-electron chi connectivity index (χ0n) is 11.5. The summed E-state index contributed by atoms with van der Waals surface area (Å²) in [4.78, 5) is 0.368. The zero-order chi connectivity index (χ0) is 14.6. The van der Waals surface area contributed by atoms with E-state index in [1.807, 2.05) is 6.92 Å². The van der Waals surface area contributed by atoms with Crippen LogP contribution in [-0.4, -0.2) is 39.5 Å². The van der Waals surface area contributed by atoms with Gasteiger partial charge in [0.15, 0.2) is 9.84 Å². The number of benzene rings is 1. The van der Waals surface area contributed by atoms with Crippen molar-refractivity contribution >= 4 is 25.8 Å². The molecule has 0 spiro atoms. The van der Waals surface area contributed by atoms with Gasteiger partial charge in [-0.1, -0.05) is 15.9 Å². The van der Waals surface area contributed by atoms with Crippen LogP contribution >= 0.6 is 15.9 Å². The van der Waals surface area contributed by atoms with Crippen LogP contribution in [0.5, 0.6) is 0 Å². The molecule has 1 heterocycles. The molecule has 0 saturated carbocycles. The minimum Gasteiger partial charge on any atom is -0.377 e. The van der Waals surface area contributed by atoms with Crippen LogP contribution in [0.15, 0.2) is 33.6 Å². The molecule has 1 aromatic rings. The van der Waals surface area contributed by atoms with Gasteiger partial charge in [-0.25, -0.2) is 8.42 Å². The third-order valence-corrected chi connectivity index (χ3v) is 5.79. The van der Waals surface area contributed by atoms with Crippen molar-refractivity contribution in [3.8, 4) is 0 Å². The summed E-state index contributed by atoms with van der Waals surface area (Å²) in [7, 11) is -3.22. The van der Waals surface area contributed by atoms with Crippen molar-refractivity contribution in [2.24, 2.45) is 0 Å². The van der Waals surface area contributed by atoms with Gasteiger partial charge in [-0.05, 0) is 44.0 Å². The number of hydrogen-bond acceptors (Lipinski definition) is 4. The summed E-state index contributed by atoms with van der Waals surface area (Å²) in [5.41, 5.74) is 0. The van der Waals surface area contributed by atoms with E-state index in [1.165, 1.54) is 0 Å². The van der Waals surface area contributed by atoms with Crippen molar-refractivity contribution in [2.75, 3.05) is 18.9 Å². The zero-order valence-corrected chi connectivity index (χ0v) is 13.9. The van der Waals surface area contributed by atoms with Gasteiger partial charge in [0.05, 0.1) is 16.8 Å². The highest BCUT2D eigenvalue weighted by atomic mass is 79.9. The summed E-state index contributed by atoms with van der Waals surface area (Å²) in [6, 6.07) is 6.94. The molecule has 1 N–H and O–H groups in total. The predicted octanol–water partition coefficient (Wildman–Crippen LogP) is 2.38. The molecule has 2 atom stereocenters. The molecule has 20 heavy (non-hydrogen) atoms. The van der Waals surface area contributed by atoms with E-state index in [-0.39, 0.29) is 17.9 Å². The summed E-state index contributed by atoms with van der Waals surface area (Å²) >= 11 is 3.30. The maximum atomic E-state index is 12.2. The Hall–Kier alpha value is -0.430. The largest absolute Gasteiger partial charge is 0.377 e. The first-order valence-corrected chi connectivity index (χ1v) is 9.27. The van der Waals surface area contributed by atoms with Crippen LogP contribution in [0.1, 0.15) is 19.8 Å². The molecule has 1 saturated heterocycles.